The highest BCUT2D eigenvalue weighted by Gasteiger charge is 2.10. The van der Waals surface area contributed by atoms with Crippen LogP contribution in [0.5, 0.6) is 11.5 Å². The van der Waals surface area contributed by atoms with Gasteiger partial charge < -0.3 is 14.8 Å². The maximum Gasteiger partial charge on any atom is 0.257 e. The normalized spacial score (nSPS) is 11.0. The first kappa shape index (κ1) is 22.8. The Kier molecular flexibility index (Phi) is 8.62. The van der Waals surface area contributed by atoms with Gasteiger partial charge in [-0.3, -0.25) is 15.1 Å². The molecule has 7 nitrogen and oxygen atoms in total. The van der Waals surface area contributed by atoms with E-state index in [0.29, 0.717) is 30.4 Å². The highest BCUT2D eigenvalue weighted by molar-refractivity contribution is 6.10. The number of methoxy groups -OCH3 is 1. The number of amides is 1. The monoisotopic (exact) mass is 432 g/mol. The molecule has 0 unspecified atom stereocenters. The lowest BCUT2D eigenvalue weighted by Gasteiger charge is -2.13. The minimum atomic E-state index is -0.269. The Morgan fingerprint density at radius 1 is 1.03 bits per heavy atom. The Morgan fingerprint density at radius 3 is 2.53 bits per heavy atom. The summed E-state index contributed by atoms with van der Waals surface area (Å²) in [6.45, 7) is 3.17. The van der Waals surface area contributed by atoms with Gasteiger partial charge in [-0.2, -0.15) is 0 Å². The van der Waals surface area contributed by atoms with Gasteiger partial charge in [0.05, 0.1) is 20.3 Å². The van der Waals surface area contributed by atoms with Crippen LogP contribution in [-0.4, -0.2) is 30.6 Å². The third-order valence-corrected chi connectivity index (χ3v) is 4.62. The predicted molar refractivity (Wildman–Crippen MR) is 126 cm³/mol. The van der Waals surface area contributed by atoms with Crippen LogP contribution in [-0.2, 0) is 6.54 Å². The first-order chi connectivity index (χ1) is 15.7. The molecule has 3 aromatic rings. The maximum absolute atomic E-state index is 12.8. The number of unbranched alkanes of at least 4 members (excludes halogenated alkanes) is 1. The lowest BCUT2D eigenvalue weighted by molar-refractivity contribution is 0.0977. The van der Waals surface area contributed by atoms with Gasteiger partial charge >= 0.3 is 0 Å². The smallest absolute Gasteiger partial charge is 0.257 e. The van der Waals surface area contributed by atoms with Crippen molar-refractivity contribution in [3.05, 3.63) is 84.2 Å². The predicted octanol–water partition coefficient (Wildman–Crippen LogP) is 4.67. The zero-order chi connectivity index (χ0) is 22.6. The number of nitrogens with one attached hydrogen (secondary N) is 2. The third-order valence-electron chi connectivity index (χ3n) is 4.62. The molecule has 1 heterocycles. The highest BCUT2D eigenvalue weighted by Crippen LogP contribution is 2.17. The van der Waals surface area contributed by atoms with Crippen LogP contribution in [0.3, 0.4) is 0 Å². The molecule has 2 aromatic carbocycles. The second kappa shape index (κ2) is 12.1. The number of carbonyl (C=O) groups excluding carboxylic acids is 1. The van der Waals surface area contributed by atoms with Crippen molar-refractivity contribution in [3.8, 4) is 11.5 Å². The average Bonchev–Trinajstić information content (AvgIpc) is 2.84. The fourth-order valence-electron chi connectivity index (χ4n) is 2.82. The number of hydrogen-bond acceptors (Lipinski definition) is 5. The number of nitrogens with zero attached hydrogens (tertiary/aromatic N) is 2. The summed E-state index contributed by atoms with van der Waals surface area (Å²) >= 11 is 0. The summed E-state index contributed by atoms with van der Waals surface area (Å²) in [7, 11) is 1.61. The fraction of sp³-hybridized carbons (Fsp3) is 0.240. The van der Waals surface area contributed by atoms with Gasteiger partial charge in [-0.1, -0.05) is 19.4 Å². The zero-order valence-corrected chi connectivity index (χ0v) is 18.4. The molecule has 1 aromatic heterocycles. The summed E-state index contributed by atoms with van der Waals surface area (Å²) < 4.78 is 10.9. The summed E-state index contributed by atoms with van der Waals surface area (Å²) in [4.78, 5) is 21.4. The number of aromatic nitrogens is 1. The molecule has 166 valence electrons. The molecule has 7 heteroatoms. The van der Waals surface area contributed by atoms with Crippen LogP contribution >= 0.6 is 0 Å². The van der Waals surface area contributed by atoms with Crippen LogP contribution < -0.4 is 20.1 Å². The molecular weight excluding hydrogens is 404 g/mol. The number of pyridine rings is 1. The van der Waals surface area contributed by atoms with Crippen molar-refractivity contribution >= 4 is 17.6 Å². The van der Waals surface area contributed by atoms with Gasteiger partial charge in [0.2, 0.25) is 5.96 Å². The summed E-state index contributed by atoms with van der Waals surface area (Å²) in [5, 5.41) is 6.03. The summed E-state index contributed by atoms with van der Waals surface area (Å²) in [6.07, 6.45) is 5.49. The van der Waals surface area contributed by atoms with Gasteiger partial charge in [-0.05, 0) is 60.5 Å². The molecule has 0 radical (unpaired) electrons. The number of benzene rings is 2. The summed E-state index contributed by atoms with van der Waals surface area (Å²) in [5.41, 5.74) is 2.24. The molecule has 0 spiro atoms. The molecule has 3 rings (SSSR count). The first-order valence-corrected chi connectivity index (χ1v) is 10.6. The van der Waals surface area contributed by atoms with E-state index in [9.17, 15) is 4.79 Å². The standard InChI is InChI=1S/C25H28N4O3/c1-3-4-16-32-22-10-8-20(9-11-22)24(30)29-25(27-18-19-12-14-26-15-13-19)28-21-6-5-7-23(17-21)31-2/h5-15,17H,3-4,16,18H2,1-2H3,(H2,27,28,29,30). The Morgan fingerprint density at radius 2 is 1.81 bits per heavy atom. The second-order valence-corrected chi connectivity index (χ2v) is 7.06. The number of rotatable bonds is 9. The number of guanidine groups is 1. The van der Waals surface area contributed by atoms with E-state index in [1.807, 2.05) is 36.4 Å². The summed E-state index contributed by atoms with van der Waals surface area (Å²) in [6, 6.07) is 18.3. The van der Waals surface area contributed by atoms with Crippen LogP contribution in [0, 0.1) is 0 Å². The van der Waals surface area contributed by atoms with Crippen molar-refractivity contribution in [2.45, 2.75) is 26.3 Å². The number of anilines is 1. The number of ether oxygens (including phenoxy) is 2. The zero-order valence-electron chi connectivity index (χ0n) is 18.4. The van der Waals surface area contributed by atoms with Crippen LogP contribution in [0.2, 0.25) is 0 Å². The molecular formula is C25H28N4O3. The molecule has 0 saturated heterocycles. The molecule has 32 heavy (non-hydrogen) atoms. The van der Waals surface area contributed by atoms with E-state index < -0.39 is 0 Å². The SMILES string of the molecule is CCCCOc1ccc(C(=O)NC(=NCc2ccncc2)Nc2cccc(OC)c2)cc1. The highest BCUT2D eigenvalue weighted by atomic mass is 16.5. The summed E-state index contributed by atoms with van der Waals surface area (Å²) in [5.74, 6) is 1.52. The van der Waals surface area contributed by atoms with Crippen LogP contribution in [0.25, 0.3) is 0 Å². The molecule has 0 aliphatic rings. The second-order valence-electron chi connectivity index (χ2n) is 7.06. The average molecular weight is 433 g/mol. The van der Waals surface area contributed by atoms with Gasteiger partial charge in [0, 0.05) is 29.7 Å². The molecule has 0 saturated carbocycles. The molecule has 1 amide bonds. The van der Waals surface area contributed by atoms with Crippen molar-refractivity contribution in [1.82, 2.24) is 10.3 Å². The van der Waals surface area contributed by atoms with Crippen LogP contribution in [0.15, 0.2) is 78.0 Å². The Hall–Kier alpha value is -3.87. The minimum Gasteiger partial charge on any atom is -0.497 e. The minimum absolute atomic E-state index is 0.269. The van der Waals surface area contributed by atoms with Gasteiger partial charge in [0.25, 0.3) is 5.91 Å². The van der Waals surface area contributed by atoms with Gasteiger partial charge in [-0.15, -0.1) is 0 Å². The van der Waals surface area contributed by atoms with Gasteiger partial charge in [-0.25, -0.2) is 4.99 Å². The molecule has 2 N–H and O–H groups in total. The van der Waals surface area contributed by atoms with Crippen molar-refractivity contribution in [2.24, 2.45) is 4.99 Å². The van der Waals surface area contributed by atoms with Crippen LogP contribution in [0.4, 0.5) is 5.69 Å². The quantitative estimate of drug-likeness (QED) is 0.292. The van der Waals surface area contributed by atoms with Crippen molar-refractivity contribution in [2.75, 3.05) is 19.0 Å². The van der Waals surface area contributed by atoms with Crippen molar-refractivity contribution < 1.29 is 14.3 Å². The van der Waals surface area contributed by atoms with E-state index in [1.165, 1.54) is 0 Å². The Balaban J connectivity index is 1.72. The van der Waals surface area contributed by atoms with E-state index in [1.54, 1.807) is 43.8 Å². The van der Waals surface area contributed by atoms with E-state index in [0.717, 1.165) is 29.8 Å². The molecule has 0 bridgehead atoms. The van der Waals surface area contributed by atoms with E-state index in [4.69, 9.17) is 9.47 Å². The topological polar surface area (TPSA) is 84.8 Å². The number of carbonyl (C=O) groups is 1. The van der Waals surface area contributed by atoms with Crippen molar-refractivity contribution in [1.29, 1.82) is 0 Å². The van der Waals surface area contributed by atoms with Gasteiger partial charge in [0.1, 0.15) is 11.5 Å². The molecule has 0 aliphatic heterocycles. The van der Waals surface area contributed by atoms with Crippen LogP contribution in [0.1, 0.15) is 35.7 Å². The molecule has 0 aliphatic carbocycles. The van der Waals surface area contributed by atoms with Gasteiger partial charge in [0.15, 0.2) is 0 Å². The fourth-order valence-corrected chi connectivity index (χ4v) is 2.82. The lowest BCUT2D eigenvalue weighted by atomic mass is 10.2. The lowest BCUT2D eigenvalue weighted by Crippen LogP contribution is -2.36. The Bertz CT molecular complexity index is 1020. The number of aliphatic imine (C=N–C) groups is 1. The van der Waals surface area contributed by atoms with E-state index in [2.05, 4.69) is 27.5 Å². The maximum atomic E-state index is 12.8. The molecule has 0 atom stereocenters. The largest absolute Gasteiger partial charge is 0.497 e. The van der Waals surface area contributed by atoms with E-state index in [-0.39, 0.29) is 5.91 Å². The number of hydrogen-bond donors (Lipinski definition) is 2. The Labute approximate surface area is 188 Å². The third kappa shape index (κ3) is 7.12. The van der Waals surface area contributed by atoms with E-state index >= 15 is 0 Å². The first-order valence-electron chi connectivity index (χ1n) is 10.6. The van der Waals surface area contributed by atoms with Crippen molar-refractivity contribution in [3.63, 3.8) is 0 Å². The molecule has 0 fully saturated rings.